The van der Waals surface area contributed by atoms with Gasteiger partial charge in [0.25, 0.3) is 5.56 Å². The first kappa shape index (κ1) is 28.0. The van der Waals surface area contributed by atoms with Gasteiger partial charge in [0.1, 0.15) is 48.3 Å². The Balaban J connectivity index is 1.74. The summed E-state index contributed by atoms with van der Waals surface area (Å²) < 4.78 is 65.9. The summed E-state index contributed by atoms with van der Waals surface area (Å²) in [5.41, 5.74) is 0.641. The SMILES string of the molecule is CCN(C#N)c1cc2oc3c4ccc(F)cc4[nH]c(=O)c3c2cc1-c1ccc(OC)c(CNC(CF)(CF)CF)c1. The molecule has 2 aromatic heterocycles. The van der Waals surface area contributed by atoms with Gasteiger partial charge in [-0.3, -0.25) is 9.69 Å². The smallest absolute Gasteiger partial charge is 0.260 e. The summed E-state index contributed by atoms with van der Waals surface area (Å²) in [4.78, 5) is 17.3. The van der Waals surface area contributed by atoms with Crippen molar-refractivity contribution in [2.24, 2.45) is 0 Å². The molecule has 41 heavy (non-hydrogen) atoms. The summed E-state index contributed by atoms with van der Waals surface area (Å²) in [7, 11) is 1.44. The van der Waals surface area contributed by atoms with Crippen LogP contribution in [0.2, 0.25) is 0 Å². The quantitative estimate of drug-likeness (QED) is 0.117. The van der Waals surface area contributed by atoms with Gasteiger partial charge in [-0.25, -0.2) is 17.6 Å². The van der Waals surface area contributed by atoms with E-state index in [4.69, 9.17) is 9.15 Å². The lowest BCUT2D eigenvalue weighted by molar-refractivity contribution is 0.151. The van der Waals surface area contributed by atoms with E-state index in [1.165, 1.54) is 30.2 Å². The lowest BCUT2D eigenvalue weighted by Gasteiger charge is -2.26. The number of ether oxygens (including phenoxy) is 1. The zero-order valence-electron chi connectivity index (χ0n) is 22.3. The van der Waals surface area contributed by atoms with Crippen molar-refractivity contribution in [1.82, 2.24) is 10.3 Å². The van der Waals surface area contributed by atoms with Crippen LogP contribution < -0.4 is 20.5 Å². The predicted octanol–water partition coefficient (Wildman–Crippen LogP) is 6.29. The van der Waals surface area contributed by atoms with Gasteiger partial charge in [0.15, 0.2) is 6.19 Å². The molecule has 0 radical (unpaired) electrons. The van der Waals surface area contributed by atoms with Crippen LogP contribution in [0.5, 0.6) is 5.75 Å². The number of methoxy groups -OCH3 is 1. The molecule has 0 amide bonds. The first-order valence-corrected chi connectivity index (χ1v) is 12.8. The van der Waals surface area contributed by atoms with E-state index in [0.29, 0.717) is 51.0 Å². The van der Waals surface area contributed by atoms with Crippen LogP contribution in [-0.4, -0.2) is 44.2 Å². The van der Waals surface area contributed by atoms with Crippen molar-refractivity contribution in [3.8, 4) is 23.1 Å². The van der Waals surface area contributed by atoms with E-state index < -0.39 is 36.9 Å². The number of furan rings is 1. The number of H-pyrrole nitrogens is 1. The van der Waals surface area contributed by atoms with Gasteiger partial charge < -0.3 is 19.5 Å². The minimum absolute atomic E-state index is 0.0983. The number of hydrogen-bond donors (Lipinski definition) is 2. The molecule has 0 aliphatic heterocycles. The maximum atomic E-state index is 13.8. The summed E-state index contributed by atoms with van der Waals surface area (Å²) in [5, 5.41) is 13.8. The number of alkyl halides is 3. The van der Waals surface area contributed by atoms with Crippen LogP contribution in [0.3, 0.4) is 0 Å². The number of pyridine rings is 1. The number of aromatic amines is 1. The van der Waals surface area contributed by atoms with E-state index in [1.807, 2.05) is 0 Å². The molecule has 0 saturated heterocycles. The molecule has 0 unspecified atom stereocenters. The van der Waals surface area contributed by atoms with Gasteiger partial charge in [-0.2, -0.15) is 5.26 Å². The molecule has 2 heterocycles. The average Bonchev–Trinajstić information content (AvgIpc) is 3.37. The minimum atomic E-state index is -1.96. The predicted molar refractivity (Wildman–Crippen MR) is 150 cm³/mol. The van der Waals surface area contributed by atoms with Crippen LogP contribution in [0, 0.1) is 17.3 Å². The number of nitriles is 1. The molecule has 5 rings (SSSR count). The number of benzene rings is 3. The molecule has 3 aromatic carbocycles. The van der Waals surface area contributed by atoms with E-state index in [0.717, 1.165) is 0 Å². The summed E-state index contributed by atoms with van der Waals surface area (Å²) in [6.07, 6.45) is 2.15. The van der Waals surface area contributed by atoms with Gasteiger partial charge in [-0.15, -0.1) is 0 Å². The number of nitrogens with zero attached hydrogens (tertiary/aromatic N) is 2. The zero-order chi connectivity index (χ0) is 29.3. The van der Waals surface area contributed by atoms with E-state index in [2.05, 4.69) is 16.5 Å². The Kier molecular flexibility index (Phi) is 7.60. The van der Waals surface area contributed by atoms with E-state index in [-0.39, 0.29) is 23.0 Å². The summed E-state index contributed by atoms with van der Waals surface area (Å²) >= 11 is 0. The average molecular weight is 567 g/mol. The number of halogens is 4. The summed E-state index contributed by atoms with van der Waals surface area (Å²) in [5.74, 6) is -0.0988. The number of aromatic nitrogens is 1. The summed E-state index contributed by atoms with van der Waals surface area (Å²) in [6.45, 7) is -1.68. The molecule has 0 aliphatic rings. The van der Waals surface area contributed by atoms with Crippen LogP contribution in [0.1, 0.15) is 12.5 Å². The van der Waals surface area contributed by atoms with Crippen LogP contribution in [0.25, 0.3) is 44.0 Å². The number of rotatable bonds is 10. The van der Waals surface area contributed by atoms with Gasteiger partial charge in [0.05, 0.1) is 23.7 Å². The molecule has 0 aliphatic carbocycles. The Bertz CT molecular complexity index is 1850. The number of hydrogen-bond acceptors (Lipinski definition) is 6. The second-order valence-corrected chi connectivity index (χ2v) is 9.72. The highest BCUT2D eigenvalue weighted by molar-refractivity contribution is 6.15. The minimum Gasteiger partial charge on any atom is -0.496 e. The van der Waals surface area contributed by atoms with Crippen molar-refractivity contribution in [3.05, 3.63) is 70.3 Å². The van der Waals surface area contributed by atoms with Crippen molar-refractivity contribution >= 4 is 38.5 Å². The highest BCUT2D eigenvalue weighted by Crippen LogP contribution is 2.40. The van der Waals surface area contributed by atoms with Crippen molar-refractivity contribution < 1.29 is 26.7 Å². The van der Waals surface area contributed by atoms with Crippen LogP contribution in [0.4, 0.5) is 23.2 Å². The molecule has 5 aromatic rings. The third kappa shape index (κ3) is 4.85. The lowest BCUT2D eigenvalue weighted by atomic mass is 9.97. The number of nitrogens with one attached hydrogen (secondary N) is 2. The van der Waals surface area contributed by atoms with E-state index in [1.54, 1.807) is 37.3 Å². The maximum Gasteiger partial charge on any atom is 0.260 e. The van der Waals surface area contributed by atoms with Crippen molar-refractivity contribution in [3.63, 3.8) is 0 Å². The molecule has 11 heteroatoms. The van der Waals surface area contributed by atoms with Gasteiger partial charge in [0, 0.05) is 41.1 Å². The molecular formula is C30H26F4N4O3. The van der Waals surface area contributed by atoms with Crippen molar-refractivity contribution in [2.45, 2.75) is 19.0 Å². The Morgan fingerprint density at radius 3 is 2.49 bits per heavy atom. The Morgan fingerprint density at radius 1 is 1.07 bits per heavy atom. The molecule has 212 valence electrons. The second kappa shape index (κ2) is 11.1. The fraction of sp³-hybridized carbons (Fsp3) is 0.267. The molecule has 2 N–H and O–H groups in total. The highest BCUT2D eigenvalue weighted by Gasteiger charge is 2.30. The topological polar surface area (TPSA) is 94.3 Å². The normalized spacial score (nSPS) is 11.8. The van der Waals surface area contributed by atoms with Crippen LogP contribution >= 0.6 is 0 Å². The van der Waals surface area contributed by atoms with Crippen molar-refractivity contribution in [2.75, 3.05) is 38.6 Å². The third-order valence-electron chi connectivity index (χ3n) is 7.25. The van der Waals surface area contributed by atoms with E-state index in [9.17, 15) is 27.6 Å². The third-order valence-corrected chi connectivity index (χ3v) is 7.25. The number of fused-ring (bicyclic) bond motifs is 5. The van der Waals surface area contributed by atoms with Gasteiger partial charge in [0.2, 0.25) is 0 Å². The molecule has 0 spiro atoms. The lowest BCUT2D eigenvalue weighted by Crippen LogP contribution is -2.51. The van der Waals surface area contributed by atoms with Crippen LogP contribution in [-0.2, 0) is 6.54 Å². The largest absolute Gasteiger partial charge is 0.496 e. The van der Waals surface area contributed by atoms with Crippen LogP contribution in [0.15, 0.2) is 57.7 Å². The first-order chi connectivity index (χ1) is 19.8. The maximum absolute atomic E-state index is 13.8. The molecule has 7 nitrogen and oxygen atoms in total. The molecule has 0 atom stereocenters. The fourth-order valence-electron chi connectivity index (χ4n) is 4.92. The Hall–Kier alpha value is -4.56. The first-order valence-electron chi connectivity index (χ1n) is 12.8. The molecule has 0 saturated carbocycles. The molecule has 0 bridgehead atoms. The zero-order valence-corrected chi connectivity index (χ0v) is 22.3. The molecule has 0 fully saturated rings. The fourth-order valence-corrected chi connectivity index (χ4v) is 4.92. The Labute approximate surface area is 231 Å². The standard InChI is InChI=1S/C30H26F4N4O3/c1-3-38(16-35)24-11-26-22(27-28(41-26)20-6-5-19(34)9-23(20)37-29(27)39)10-21(24)17-4-7-25(40-2)18(8-17)12-36-30(13-31,14-32)15-33/h4-11,36H,3,12-15H2,1-2H3,(H,37,39). The van der Waals surface area contributed by atoms with Gasteiger partial charge >= 0.3 is 0 Å². The molecular weight excluding hydrogens is 540 g/mol. The Morgan fingerprint density at radius 2 is 1.83 bits per heavy atom. The second-order valence-electron chi connectivity index (χ2n) is 9.72. The van der Waals surface area contributed by atoms with Crippen molar-refractivity contribution in [1.29, 1.82) is 5.26 Å². The monoisotopic (exact) mass is 566 g/mol. The van der Waals surface area contributed by atoms with E-state index >= 15 is 0 Å². The summed E-state index contributed by atoms with van der Waals surface area (Å²) in [6, 6.07) is 12.5. The number of anilines is 1. The van der Waals surface area contributed by atoms with Gasteiger partial charge in [-0.05, 0) is 48.9 Å². The van der Waals surface area contributed by atoms with Gasteiger partial charge in [-0.1, -0.05) is 6.07 Å². The highest BCUT2D eigenvalue weighted by atomic mass is 19.2.